The second-order valence-corrected chi connectivity index (χ2v) is 7.34. The number of nitrogens with one attached hydrogen (secondary N) is 1. The third-order valence-electron chi connectivity index (χ3n) is 4.94. The monoisotopic (exact) mass is 426 g/mol. The predicted molar refractivity (Wildman–Crippen MR) is 127 cm³/mol. The quantitative estimate of drug-likeness (QED) is 0.363. The molecule has 3 rings (SSSR count). The Kier molecular flexibility index (Phi) is 7.66. The fourth-order valence-electron chi connectivity index (χ4n) is 3.09. The number of hydrogen-bond acceptors (Lipinski definition) is 4. The van der Waals surface area contributed by atoms with Crippen molar-refractivity contribution in [3.05, 3.63) is 94.6 Å². The summed E-state index contributed by atoms with van der Waals surface area (Å²) in [5.41, 5.74) is 4.83. The number of para-hydroxylation sites is 1. The second-order valence-electron chi connectivity index (χ2n) is 7.34. The van der Waals surface area contributed by atoms with Crippen molar-refractivity contribution in [2.24, 2.45) is 0 Å². The Hall–Kier alpha value is -4.04. The molecule has 0 aliphatic carbocycles. The summed E-state index contributed by atoms with van der Waals surface area (Å²) in [5, 5.41) is 12.2. The molecule has 0 radical (unpaired) electrons. The normalized spacial score (nSPS) is 10.9. The molecule has 1 N–H and O–H groups in total. The topological polar surface area (TPSA) is 71.3 Å². The van der Waals surface area contributed by atoms with Gasteiger partial charge < -0.3 is 14.8 Å². The zero-order valence-corrected chi connectivity index (χ0v) is 18.5. The fourth-order valence-corrected chi connectivity index (χ4v) is 3.09. The van der Waals surface area contributed by atoms with Crippen LogP contribution in [0.4, 0.5) is 5.69 Å². The lowest BCUT2D eigenvalue weighted by molar-refractivity contribution is -0.112. The van der Waals surface area contributed by atoms with Gasteiger partial charge in [0, 0.05) is 5.69 Å². The second kappa shape index (κ2) is 10.8. The number of nitrogens with zero attached hydrogens (tertiary/aromatic N) is 1. The first-order valence-corrected chi connectivity index (χ1v) is 10.4. The van der Waals surface area contributed by atoms with Crippen LogP contribution in [0.25, 0.3) is 6.08 Å². The molecule has 0 atom stereocenters. The van der Waals surface area contributed by atoms with Crippen LogP contribution in [0, 0.1) is 25.2 Å². The Morgan fingerprint density at radius 1 is 0.969 bits per heavy atom. The van der Waals surface area contributed by atoms with Crippen LogP contribution in [0.2, 0.25) is 0 Å². The number of benzene rings is 3. The maximum absolute atomic E-state index is 12.5. The highest BCUT2D eigenvalue weighted by atomic mass is 16.5. The zero-order chi connectivity index (χ0) is 22.9. The van der Waals surface area contributed by atoms with Crippen molar-refractivity contribution in [1.82, 2.24) is 0 Å². The molecule has 1 amide bonds. The molecule has 0 fully saturated rings. The lowest BCUT2D eigenvalue weighted by Crippen LogP contribution is -2.13. The molecular weight excluding hydrogens is 400 g/mol. The average molecular weight is 427 g/mol. The van der Waals surface area contributed by atoms with Gasteiger partial charge in [-0.1, -0.05) is 42.5 Å². The lowest BCUT2D eigenvalue weighted by Gasteiger charge is -2.13. The first-order valence-electron chi connectivity index (χ1n) is 10.4. The summed E-state index contributed by atoms with van der Waals surface area (Å²) in [6.07, 6.45) is 1.54. The number of amides is 1. The first kappa shape index (κ1) is 22.6. The Balaban J connectivity index is 1.78. The highest BCUT2D eigenvalue weighted by Crippen LogP contribution is 2.30. The zero-order valence-electron chi connectivity index (χ0n) is 18.5. The average Bonchev–Trinajstić information content (AvgIpc) is 2.80. The number of anilines is 1. The molecule has 0 aliphatic heterocycles. The SMILES string of the molecule is CCOc1cc(/C=C(\C#N)C(=O)Nc2ccccc2)ccc1OCc1ccc(C)c(C)c1. The van der Waals surface area contributed by atoms with Crippen LogP contribution in [0.5, 0.6) is 11.5 Å². The van der Waals surface area contributed by atoms with E-state index < -0.39 is 5.91 Å². The molecule has 0 aromatic heterocycles. The van der Waals surface area contributed by atoms with E-state index >= 15 is 0 Å². The molecule has 0 heterocycles. The van der Waals surface area contributed by atoms with Gasteiger partial charge in [-0.3, -0.25) is 4.79 Å². The third-order valence-corrected chi connectivity index (χ3v) is 4.94. The summed E-state index contributed by atoms with van der Waals surface area (Å²) in [6, 6.07) is 22.6. The van der Waals surface area contributed by atoms with Crippen LogP contribution in [0.15, 0.2) is 72.3 Å². The number of carbonyl (C=O) groups excluding carboxylic acids is 1. The van der Waals surface area contributed by atoms with Crippen LogP contribution in [0.1, 0.15) is 29.2 Å². The summed E-state index contributed by atoms with van der Waals surface area (Å²) in [6.45, 7) is 6.93. The minimum absolute atomic E-state index is 0.0000930. The Labute approximate surface area is 188 Å². The van der Waals surface area contributed by atoms with Gasteiger partial charge in [0.1, 0.15) is 18.2 Å². The molecule has 162 valence electrons. The number of aryl methyl sites for hydroxylation is 2. The van der Waals surface area contributed by atoms with Gasteiger partial charge in [0.2, 0.25) is 0 Å². The van der Waals surface area contributed by atoms with Crippen molar-refractivity contribution in [1.29, 1.82) is 5.26 Å². The van der Waals surface area contributed by atoms with E-state index in [9.17, 15) is 10.1 Å². The molecule has 0 unspecified atom stereocenters. The maximum Gasteiger partial charge on any atom is 0.266 e. The number of nitriles is 1. The number of rotatable bonds is 8. The van der Waals surface area contributed by atoms with Crippen molar-refractivity contribution in [3.8, 4) is 17.6 Å². The summed E-state index contributed by atoms with van der Waals surface area (Å²) >= 11 is 0. The molecular formula is C27H26N2O3. The largest absolute Gasteiger partial charge is 0.490 e. The summed E-state index contributed by atoms with van der Waals surface area (Å²) in [7, 11) is 0. The molecule has 5 nitrogen and oxygen atoms in total. The highest BCUT2D eigenvalue weighted by molar-refractivity contribution is 6.09. The van der Waals surface area contributed by atoms with Gasteiger partial charge in [-0.2, -0.15) is 5.26 Å². The molecule has 0 saturated heterocycles. The van der Waals surface area contributed by atoms with E-state index in [0.717, 1.165) is 5.56 Å². The minimum atomic E-state index is -0.466. The van der Waals surface area contributed by atoms with Crippen LogP contribution < -0.4 is 14.8 Å². The van der Waals surface area contributed by atoms with E-state index in [0.29, 0.717) is 36.0 Å². The minimum Gasteiger partial charge on any atom is -0.490 e. The highest BCUT2D eigenvalue weighted by Gasteiger charge is 2.12. The Morgan fingerprint density at radius 3 is 2.44 bits per heavy atom. The summed E-state index contributed by atoms with van der Waals surface area (Å²) < 4.78 is 11.7. The Morgan fingerprint density at radius 2 is 1.75 bits per heavy atom. The fraction of sp³-hybridized carbons (Fsp3) is 0.185. The van der Waals surface area contributed by atoms with E-state index in [1.54, 1.807) is 30.3 Å². The van der Waals surface area contributed by atoms with Gasteiger partial charge in [-0.25, -0.2) is 0 Å². The van der Waals surface area contributed by atoms with E-state index in [1.807, 2.05) is 37.3 Å². The molecule has 0 spiro atoms. The smallest absolute Gasteiger partial charge is 0.266 e. The van der Waals surface area contributed by atoms with Gasteiger partial charge in [0.25, 0.3) is 5.91 Å². The van der Waals surface area contributed by atoms with Gasteiger partial charge >= 0.3 is 0 Å². The van der Waals surface area contributed by atoms with Gasteiger partial charge in [0.05, 0.1) is 6.61 Å². The maximum atomic E-state index is 12.5. The van der Waals surface area contributed by atoms with Crippen LogP contribution in [0.3, 0.4) is 0 Å². The molecule has 0 saturated carbocycles. The van der Waals surface area contributed by atoms with E-state index in [1.165, 1.54) is 17.2 Å². The number of carbonyl (C=O) groups is 1. The van der Waals surface area contributed by atoms with Crippen molar-refractivity contribution in [2.75, 3.05) is 11.9 Å². The van der Waals surface area contributed by atoms with Crippen molar-refractivity contribution < 1.29 is 14.3 Å². The standard InChI is InChI=1S/C27H26N2O3/c1-4-31-26-16-21(15-23(17-28)27(30)29-24-8-6-5-7-9-24)12-13-25(26)32-18-22-11-10-19(2)20(3)14-22/h5-16H,4,18H2,1-3H3,(H,29,30)/b23-15+. The van der Waals surface area contributed by atoms with Crippen molar-refractivity contribution in [2.45, 2.75) is 27.4 Å². The van der Waals surface area contributed by atoms with Gasteiger partial charge in [0.15, 0.2) is 11.5 Å². The summed E-state index contributed by atoms with van der Waals surface area (Å²) in [4.78, 5) is 12.5. The molecule has 5 heteroatoms. The summed E-state index contributed by atoms with van der Waals surface area (Å²) in [5.74, 6) is 0.701. The first-order chi connectivity index (χ1) is 15.5. The number of hydrogen-bond donors (Lipinski definition) is 1. The molecule has 0 aliphatic rings. The van der Waals surface area contributed by atoms with Crippen LogP contribution in [-0.2, 0) is 11.4 Å². The van der Waals surface area contributed by atoms with Crippen molar-refractivity contribution >= 4 is 17.7 Å². The molecule has 3 aromatic rings. The van der Waals surface area contributed by atoms with Crippen LogP contribution >= 0.6 is 0 Å². The van der Waals surface area contributed by atoms with Gasteiger partial charge in [-0.15, -0.1) is 0 Å². The number of ether oxygens (including phenoxy) is 2. The van der Waals surface area contributed by atoms with E-state index in [4.69, 9.17) is 9.47 Å². The molecule has 32 heavy (non-hydrogen) atoms. The van der Waals surface area contributed by atoms with Gasteiger partial charge in [-0.05, 0) is 73.4 Å². The van der Waals surface area contributed by atoms with Crippen molar-refractivity contribution in [3.63, 3.8) is 0 Å². The Bertz CT molecular complexity index is 1160. The third kappa shape index (κ3) is 5.99. The van der Waals surface area contributed by atoms with Crippen LogP contribution in [-0.4, -0.2) is 12.5 Å². The lowest BCUT2D eigenvalue weighted by atomic mass is 10.1. The van der Waals surface area contributed by atoms with E-state index in [-0.39, 0.29) is 5.57 Å². The predicted octanol–water partition coefficient (Wildman–Crippen LogP) is 5.83. The molecule has 0 bridgehead atoms. The van der Waals surface area contributed by atoms with E-state index in [2.05, 4.69) is 31.3 Å². The molecule has 3 aromatic carbocycles.